The molecule has 5 rings (SSSR count). The molecule has 260 valence electrons. The Morgan fingerprint density at radius 2 is 1.86 bits per heavy atom. The molecule has 0 bridgehead atoms. The molecule has 5 atom stereocenters. The first-order valence-electron chi connectivity index (χ1n) is 16.3. The molecule has 1 aliphatic heterocycles. The van der Waals surface area contributed by atoms with Gasteiger partial charge in [-0.15, -0.1) is 6.58 Å². The number of alkyl carbamates (subject to hydrolysis) is 1. The lowest BCUT2D eigenvalue weighted by Gasteiger charge is -2.32. The summed E-state index contributed by atoms with van der Waals surface area (Å²) in [4.78, 5) is 46.1. The number of carboxylic acid groups (broad SMARTS) is 1. The van der Waals surface area contributed by atoms with Gasteiger partial charge in [0.15, 0.2) is 0 Å². The zero-order valence-corrected chi connectivity index (χ0v) is 29.5. The van der Waals surface area contributed by atoms with Gasteiger partial charge in [0.05, 0.1) is 35.9 Å². The van der Waals surface area contributed by atoms with Crippen molar-refractivity contribution >= 4 is 46.1 Å². The number of amides is 2. The quantitative estimate of drug-likeness (QED) is 0.169. The number of methoxy groups -OCH3 is 1. The van der Waals surface area contributed by atoms with E-state index in [-0.39, 0.29) is 35.7 Å². The van der Waals surface area contributed by atoms with Crippen LogP contribution in [0.5, 0.6) is 11.5 Å². The Bertz CT molecular complexity index is 1760. The van der Waals surface area contributed by atoms with Crippen LogP contribution >= 0.6 is 12.2 Å². The zero-order chi connectivity index (χ0) is 35.7. The maximum absolute atomic E-state index is 14.3. The number of likely N-dealkylation sites (tertiary alicyclic amines) is 1. The average molecular weight is 689 g/mol. The summed E-state index contributed by atoms with van der Waals surface area (Å²) in [5, 5.41) is 16.6. The summed E-state index contributed by atoms with van der Waals surface area (Å²) in [6.07, 6.45) is 0.961. The fourth-order valence-corrected chi connectivity index (χ4v) is 6.56. The van der Waals surface area contributed by atoms with E-state index in [1.807, 2.05) is 68.4 Å². The highest BCUT2D eigenvalue weighted by Gasteiger charge is 2.60. The number of nitrogens with one attached hydrogen (secondary N) is 2. The number of pyridine rings is 1. The van der Waals surface area contributed by atoms with E-state index >= 15 is 0 Å². The second kappa shape index (κ2) is 14.0. The van der Waals surface area contributed by atoms with Crippen molar-refractivity contribution in [3.05, 3.63) is 67.3 Å². The number of aromatic nitrogens is 1. The molecule has 1 saturated heterocycles. The van der Waals surface area contributed by atoms with Crippen molar-refractivity contribution in [2.75, 3.05) is 13.7 Å². The standard InChI is InChI=1S/C37H44N4O7S/c1-8-23-19-37(23,34(43)44)40-32(49)29-17-25(20-41(29)33(42)31(21(2)3)39-35(45)48-36(4,5)6)47-30-18-27(22-12-10-9-11-13-22)38-28-16-24(46-7)14-15-26(28)30/h8-16,18,21,23,25,29,31H,1,17,19-20H2,2-7H3,(H,39,45)(H,40,49)(H,43,44)/t23?,25-,29+,31+,37-/m1/s1. The maximum atomic E-state index is 14.3. The van der Waals surface area contributed by atoms with Crippen LogP contribution in [0.15, 0.2) is 67.3 Å². The minimum absolute atomic E-state index is 0.135. The lowest BCUT2D eigenvalue weighted by molar-refractivity contribution is -0.140. The highest BCUT2D eigenvalue weighted by atomic mass is 32.1. The molecule has 1 aliphatic carbocycles. The Kier molecular flexibility index (Phi) is 10.2. The zero-order valence-electron chi connectivity index (χ0n) is 28.7. The highest BCUT2D eigenvalue weighted by Crippen LogP contribution is 2.45. The van der Waals surface area contributed by atoms with Gasteiger partial charge in [0.1, 0.15) is 34.8 Å². The fraction of sp³-hybridized carbons (Fsp3) is 0.432. The molecule has 0 radical (unpaired) electrons. The number of aliphatic carboxylic acids is 1. The third-order valence-corrected chi connectivity index (χ3v) is 9.20. The van der Waals surface area contributed by atoms with Crippen molar-refractivity contribution in [3.8, 4) is 22.8 Å². The number of carbonyl (C=O) groups is 3. The summed E-state index contributed by atoms with van der Waals surface area (Å²) in [7, 11) is 1.59. The van der Waals surface area contributed by atoms with E-state index < -0.39 is 41.4 Å². The minimum atomic E-state index is -1.29. The van der Waals surface area contributed by atoms with Gasteiger partial charge in [-0.2, -0.15) is 0 Å². The fourth-order valence-electron chi connectivity index (χ4n) is 6.16. The minimum Gasteiger partial charge on any atom is -0.497 e. The number of thiocarbonyl (C=S) groups is 1. The van der Waals surface area contributed by atoms with E-state index in [0.29, 0.717) is 29.1 Å². The number of carboxylic acids is 1. The lowest BCUT2D eigenvalue weighted by atomic mass is 10.0. The summed E-state index contributed by atoms with van der Waals surface area (Å²) in [6, 6.07) is 15.5. The number of hydrogen-bond acceptors (Lipinski definition) is 8. The van der Waals surface area contributed by atoms with Crippen molar-refractivity contribution in [3.63, 3.8) is 0 Å². The van der Waals surface area contributed by atoms with Crippen LogP contribution in [0.3, 0.4) is 0 Å². The molecule has 3 N–H and O–H groups in total. The predicted octanol–water partition coefficient (Wildman–Crippen LogP) is 5.75. The second-order valence-corrected chi connectivity index (χ2v) is 14.4. The van der Waals surface area contributed by atoms with Crippen LogP contribution in [0.25, 0.3) is 22.2 Å². The number of carbonyl (C=O) groups excluding carboxylic acids is 2. The molecule has 2 heterocycles. The molecule has 0 spiro atoms. The van der Waals surface area contributed by atoms with Gasteiger partial charge in [-0.3, -0.25) is 4.79 Å². The van der Waals surface area contributed by atoms with E-state index in [4.69, 9.17) is 31.4 Å². The van der Waals surface area contributed by atoms with E-state index in [1.54, 1.807) is 38.9 Å². The van der Waals surface area contributed by atoms with Gasteiger partial charge in [-0.25, -0.2) is 14.6 Å². The first-order chi connectivity index (χ1) is 23.2. The molecular formula is C37H44N4O7S. The van der Waals surface area contributed by atoms with Crippen molar-refractivity contribution in [1.29, 1.82) is 0 Å². The largest absolute Gasteiger partial charge is 0.497 e. The molecule has 2 aromatic carbocycles. The Balaban J connectivity index is 1.49. The van der Waals surface area contributed by atoms with Crippen LogP contribution in [0.4, 0.5) is 4.79 Å². The Labute approximate surface area is 292 Å². The molecule has 1 saturated carbocycles. The molecule has 12 heteroatoms. The normalized spacial score (nSPS) is 22.3. The van der Waals surface area contributed by atoms with Gasteiger partial charge in [-0.05, 0) is 45.2 Å². The SMILES string of the molecule is C=CC1C[C@]1(NC(=S)[C@@H]1C[C@@H](Oc2cc(-c3ccccc3)nc3cc(OC)ccc23)CN1C(=O)[C@@H](NC(=O)OC(C)(C)C)C(C)C)C(=O)O. The first-order valence-corrected chi connectivity index (χ1v) is 16.8. The van der Waals surface area contributed by atoms with Crippen LogP contribution in [-0.4, -0.2) is 80.9 Å². The topological polar surface area (TPSA) is 139 Å². The van der Waals surface area contributed by atoms with E-state index in [2.05, 4.69) is 17.2 Å². The first kappa shape index (κ1) is 35.6. The average Bonchev–Trinajstić information content (AvgIpc) is 3.61. The highest BCUT2D eigenvalue weighted by molar-refractivity contribution is 7.80. The third-order valence-electron chi connectivity index (χ3n) is 8.82. The summed E-state index contributed by atoms with van der Waals surface area (Å²) in [6.45, 7) is 12.8. The van der Waals surface area contributed by atoms with E-state index in [0.717, 1.165) is 10.9 Å². The molecule has 2 amide bonds. The smallest absolute Gasteiger partial charge is 0.408 e. The van der Waals surface area contributed by atoms with Crippen LogP contribution in [0.2, 0.25) is 0 Å². The van der Waals surface area contributed by atoms with Crippen LogP contribution < -0.4 is 20.1 Å². The predicted molar refractivity (Wildman–Crippen MR) is 191 cm³/mol. The number of ether oxygens (including phenoxy) is 3. The maximum Gasteiger partial charge on any atom is 0.408 e. The summed E-state index contributed by atoms with van der Waals surface area (Å²) in [5.41, 5.74) is 0.220. The van der Waals surface area contributed by atoms with Crippen LogP contribution in [0, 0.1) is 11.8 Å². The number of rotatable bonds is 11. The molecule has 3 aromatic rings. The van der Waals surface area contributed by atoms with Gasteiger partial charge < -0.3 is 34.9 Å². The number of nitrogens with zero attached hydrogens (tertiary/aromatic N) is 2. The van der Waals surface area contributed by atoms with Gasteiger partial charge in [-0.1, -0.05) is 62.5 Å². The van der Waals surface area contributed by atoms with Crippen molar-refractivity contribution in [2.45, 2.75) is 76.8 Å². The summed E-state index contributed by atoms with van der Waals surface area (Å²) in [5.74, 6) is -0.819. The van der Waals surface area contributed by atoms with Crippen molar-refractivity contribution in [2.24, 2.45) is 11.8 Å². The summed E-state index contributed by atoms with van der Waals surface area (Å²) < 4.78 is 17.6. The van der Waals surface area contributed by atoms with Gasteiger partial charge in [0.25, 0.3) is 0 Å². The van der Waals surface area contributed by atoms with Crippen LogP contribution in [0.1, 0.15) is 47.5 Å². The molecule has 2 aliphatic rings. The molecular weight excluding hydrogens is 644 g/mol. The molecule has 1 unspecified atom stereocenters. The molecule has 11 nitrogen and oxygen atoms in total. The van der Waals surface area contributed by atoms with Gasteiger partial charge in [0.2, 0.25) is 5.91 Å². The number of hydrogen-bond donors (Lipinski definition) is 3. The summed E-state index contributed by atoms with van der Waals surface area (Å²) >= 11 is 5.84. The van der Waals surface area contributed by atoms with Gasteiger partial charge >= 0.3 is 12.1 Å². The molecule has 2 fully saturated rings. The van der Waals surface area contributed by atoms with Crippen molar-refractivity contribution < 1.29 is 33.7 Å². The third kappa shape index (κ3) is 7.80. The Hall–Kier alpha value is -4.71. The van der Waals surface area contributed by atoms with E-state index in [9.17, 15) is 19.5 Å². The molecule has 49 heavy (non-hydrogen) atoms. The Morgan fingerprint density at radius 1 is 1.14 bits per heavy atom. The monoisotopic (exact) mass is 688 g/mol. The Morgan fingerprint density at radius 3 is 2.45 bits per heavy atom. The van der Waals surface area contributed by atoms with Gasteiger partial charge in [0, 0.05) is 35.4 Å². The van der Waals surface area contributed by atoms with E-state index in [1.165, 1.54) is 0 Å². The lowest BCUT2D eigenvalue weighted by Crippen LogP contribution is -2.57. The molecule has 1 aromatic heterocycles. The van der Waals surface area contributed by atoms with Crippen LogP contribution in [-0.2, 0) is 14.3 Å². The second-order valence-electron chi connectivity index (χ2n) is 13.9. The number of fused-ring (bicyclic) bond motifs is 1. The number of benzene rings is 2. The van der Waals surface area contributed by atoms with Crippen molar-refractivity contribution in [1.82, 2.24) is 20.5 Å².